The summed E-state index contributed by atoms with van der Waals surface area (Å²) in [6.45, 7) is 2.81. The second-order valence-electron chi connectivity index (χ2n) is 4.97. The Bertz CT molecular complexity index is 391. The molecule has 1 saturated heterocycles. The molecule has 2 rings (SSSR count). The van der Waals surface area contributed by atoms with Gasteiger partial charge in [0.25, 0.3) is 0 Å². The number of likely N-dealkylation sites (N-methyl/N-ethyl adjacent to an activating group) is 1. The number of hydrogen-bond acceptors (Lipinski definition) is 3. The molecule has 3 nitrogen and oxygen atoms in total. The average molecular weight is 313 g/mol. The molecule has 2 N–H and O–H groups in total. The van der Waals surface area contributed by atoms with Gasteiger partial charge in [0.15, 0.2) is 0 Å². The Kier molecular flexibility index (Phi) is 5.03. The summed E-state index contributed by atoms with van der Waals surface area (Å²) in [6, 6.07) is 6.38. The first-order chi connectivity index (χ1) is 8.69. The van der Waals surface area contributed by atoms with Crippen molar-refractivity contribution in [3.05, 3.63) is 28.2 Å². The largest absolute Gasteiger partial charge is 0.487 e. The van der Waals surface area contributed by atoms with Crippen LogP contribution in [0.4, 0.5) is 0 Å². The van der Waals surface area contributed by atoms with Crippen molar-refractivity contribution in [3.63, 3.8) is 0 Å². The lowest BCUT2D eigenvalue weighted by Crippen LogP contribution is -2.51. The number of ether oxygens (including phenoxy) is 1. The maximum absolute atomic E-state index is 5.92. The highest BCUT2D eigenvalue weighted by Gasteiger charge is 2.25. The Morgan fingerprint density at radius 1 is 1.39 bits per heavy atom. The van der Waals surface area contributed by atoms with Crippen LogP contribution in [0.25, 0.3) is 0 Å². The highest BCUT2D eigenvalue weighted by Crippen LogP contribution is 2.28. The molecule has 0 atom stereocenters. The third-order valence-electron chi connectivity index (χ3n) is 3.24. The Morgan fingerprint density at radius 3 is 2.78 bits per heavy atom. The zero-order chi connectivity index (χ0) is 13.0. The predicted octanol–water partition coefficient (Wildman–Crippen LogP) is 2.42. The van der Waals surface area contributed by atoms with Gasteiger partial charge in [0.05, 0.1) is 4.47 Å². The summed E-state index contributed by atoms with van der Waals surface area (Å²) in [5, 5.41) is 0. The molecule has 1 aliphatic rings. The summed E-state index contributed by atoms with van der Waals surface area (Å²) < 4.78 is 6.98. The standard InChI is InChI=1S/C14H21BrN2O/c1-17-9-12(10-17)18-14-6-5-11(8-13(14)15)4-2-3-7-16/h5-6,8,12H,2-4,7,9-10,16H2,1H3. The van der Waals surface area contributed by atoms with E-state index in [1.54, 1.807) is 0 Å². The zero-order valence-corrected chi connectivity index (χ0v) is 12.4. The number of halogens is 1. The van der Waals surface area contributed by atoms with E-state index < -0.39 is 0 Å². The van der Waals surface area contributed by atoms with Crippen molar-refractivity contribution in [1.29, 1.82) is 0 Å². The second kappa shape index (κ2) is 6.55. The topological polar surface area (TPSA) is 38.5 Å². The summed E-state index contributed by atoms with van der Waals surface area (Å²) in [6.07, 6.45) is 3.66. The third-order valence-corrected chi connectivity index (χ3v) is 3.86. The van der Waals surface area contributed by atoms with Crippen LogP contribution in [0.15, 0.2) is 22.7 Å². The van der Waals surface area contributed by atoms with Crippen molar-refractivity contribution >= 4 is 15.9 Å². The van der Waals surface area contributed by atoms with Gasteiger partial charge in [-0.3, -0.25) is 4.90 Å². The minimum Gasteiger partial charge on any atom is -0.487 e. The van der Waals surface area contributed by atoms with E-state index in [-0.39, 0.29) is 0 Å². The summed E-state index contributed by atoms with van der Waals surface area (Å²) in [4.78, 5) is 2.25. The highest BCUT2D eigenvalue weighted by molar-refractivity contribution is 9.10. The lowest BCUT2D eigenvalue weighted by atomic mass is 10.1. The van der Waals surface area contributed by atoms with Crippen LogP contribution < -0.4 is 10.5 Å². The fourth-order valence-electron chi connectivity index (χ4n) is 2.16. The molecule has 1 aromatic carbocycles. The van der Waals surface area contributed by atoms with E-state index >= 15 is 0 Å². The van der Waals surface area contributed by atoms with Crippen LogP contribution in [0.3, 0.4) is 0 Å². The lowest BCUT2D eigenvalue weighted by molar-refractivity contribution is 0.0383. The molecule has 0 aromatic heterocycles. The van der Waals surface area contributed by atoms with Crippen molar-refractivity contribution in [3.8, 4) is 5.75 Å². The third kappa shape index (κ3) is 3.70. The molecule has 1 aromatic rings. The molecule has 0 spiro atoms. The number of hydrogen-bond donors (Lipinski definition) is 1. The normalized spacial score (nSPS) is 16.6. The fraction of sp³-hybridized carbons (Fsp3) is 0.571. The molecule has 100 valence electrons. The number of nitrogens with two attached hydrogens (primary N) is 1. The Hall–Kier alpha value is -0.580. The summed E-state index contributed by atoms with van der Waals surface area (Å²) in [7, 11) is 2.11. The Morgan fingerprint density at radius 2 is 2.17 bits per heavy atom. The van der Waals surface area contributed by atoms with Gasteiger partial charge in [0.2, 0.25) is 0 Å². The molecular weight excluding hydrogens is 292 g/mol. The molecule has 0 aliphatic carbocycles. The first kappa shape index (κ1) is 13.8. The van der Waals surface area contributed by atoms with E-state index in [1.807, 2.05) is 0 Å². The number of rotatable bonds is 6. The molecule has 4 heteroatoms. The summed E-state index contributed by atoms with van der Waals surface area (Å²) in [5.41, 5.74) is 6.84. The van der Waals surface area contributed by atoms with Gasteiger partial charge in [-0.15, -0.1) is 0 Å². The first-order valence-corrected chi connectivity index (χ1v) is 7.32. The maximum atomic E-state index is 5.92. The van der Waals surface area contributed by atoms with Crippen molar-refractivity contribution < 1.29 is 4.74 Å². The first-order valence-electron chi connectivity index (χ1n) is 6.52. The van der Waals surface area contributed by atoms with Crippen LogP contribution in [0.5, 0.6) is 5.75 Å². The molecule has 0 saturated carbocycles. The van der Waals surface area contributed by atoms with Gasteiger partial charge < -0.3 is 10.5 Å². The van der Waals surface area contributed by atoms with E-state index in [4.69, 9.17) is 10.5 Å². The molecule has 0 amide bonds. The van der Waals surface area contributed by atoms with Gasteiger partial charge in [0.1, 0.15) is 11.9 Å². The zero-order valence-electron chi connectivity index (χ0n) is 10.9. The number of aryl methyl sites for hydroxylation is 1. The average Bonchev–Trinajstić information content (AvgIpc) is 2.30. The molecule has 0 unspecified atom stereocenters. The van der Waals surface area contributed by atoms with Gasteiger partial charge in [0, 0.05) is 13.1 Å². The van der Waals surface area contributed by atoms with Crippen LogP contribution in [0, 0.1) is 0 Å². The number of likely N-dealkylation sites (tertiary alicyclic amines) is 1. The van der Waals surface area contributed by atoms with Gasteiger partial charge in [-0.05, 0) is 66.5 Å². The summed E-state index contributed by atoms with van der Waals surface area (Å²) in [5.74, 6) is 0.954. The van der Waals surface area contributed by atoms with Crippen molar-refractivity contribution in [2.75, 3.05) is 26.7 Å². The van der Waals surface area contributed by atoms with Crippen molar-refractivity contribution in [2.45, 2.75) is 25.4 Å². The molecule has 1 aliphatic heterocycles. The molecule has 18 heavy (non-hydrogen) atoms. The molecular formula is C14H21BrN2O. The van der Waals surface area contributed by atoms with Gasteiger partial charge >= 0.3 is 0 Å². The van der Waals surface area contributed by atoms with E-state index in [0.717, 1.165) is 49.1 Å². The predicted molar refractivity (Wildman–Crippen MR) is 78.0 cm³/mol. The quantitative estimate of drug-likeness (QED) is 0.820. The van der Waals surface area contributed by atoms with Gasteiger partial charge in [-0.2, -0.15) is 0 Å². The van der Waals surface area contributed by atoms with Crippen LogP contribution in [-0.4, -0.2) is 37.7 Å². The van der Waals surface area contributed by atoms with E-state index in [2.05, 4.69) is 46.1 Å². The maximum Gasteiger partial charge on any atom is 0.134 e. The van der Waals surface area contributed by atoms with Crippen LogP contribution in [-0.2, 0) is 6.42 Å². The number of unbranched alkanes of at least 4 members (excludes halogenated alkanes) is 1. The van der Waals surface area contributed by atoms with E-state index in [0.29, 0.717) is 6.10 Å². The highest BCUT2D eigenvalue weighted by atomic mass is 79.9. The Balaban J connectivity index is 1.88. The molecule has 0 bridgehead atoms. The summed E-state index contributed by atoms with van der Waals surface area (Å²) >= 11 is 3.59. The number of nitrogens with zero attached hydrogens (tertiary/aromatic N) is 1. The van der Waals surface area contributed by atoms with Crippen molar-refractivity contribution in [2.24, 2.45) is 5.73 Å². The fourth-order valence-corrected chi connectivity index (χ4v) is 2.68. The van der Waals surface area contributed by atoms with Crippen LogP contribution >= 0.6 is 15.9 Å². The number of benzene rings is 1. The van der Waals surface area contributed by atoms with Crippen LogP contribution in [0.1, 0.15) is 18.4 Å². The van der Waals surface area contributed by atoms with Gasteiger partial charge in [-0.25, -0.2) is 0 Å². The minimum atomic E-state index is 0.342. The molecule has 0 radical (unpaired) electrons. The molecule has 1 fully saturated rings. The monoisotopic (exact) mass is 312 g/mol. The smallest absolute Gasteiger partial charge is 0.134 e. The second-order valence-corrected chi connectivity index (χ2v) is 5.83. The molecule has 1 heterocycles. The lowest BCUT2D eigenvalue weighted by Gasteiger charge is -2.36. The van der Waals surface area contributed by atoms with E-state index in [1.165, 1.54) is 5.56 Å². The SMILES string of the molecule is CN1CC(Oc2ccc(CCCCN)cc2Br)C1. The van der Waals surface area contributed by atoms with Crippen molar-refractivity contribution in [1.82, 2.24) is 4.90 Å². The minimum absolute atomic E-state index is 0.342. The Labute approximate surface area is 117 Å². The van der Waals surface area contributed by atoms with Crippen LogP contribution in [0.2, 0.25) is 0 Å². The van der Waals surface area contributed by atoms with Gasteiger partial charge in [-0.1, -0.05) is 6.07 Å². The van der Waals surface area contributed by atoms with E-state index in [9.17, 15) is 0 Å².